The number of benzene rings is 1. The van der Waals surface area contributed by atoms with Gasteiger partial charge in [0.05, 0.1) is 7.11 Å². The van der Waals surface area contributed by atoms with Crippen LogP contribution in [0.5, 0.6) is 5.75 Å². The third-order valence-electron chi connectivity index (χ3n) is 2.35. The molecule has 0 heterocycles. The monoisotopic (exact) mass is 228 g/mol. The zero-order valence-corrected chi connectivity index (χ0v) is 10.1. The summed E-state index contributed by atoms with van der Waals surface area (Å²) in [6.07, 6.45) is 0.768. The van der Waals surface area contributed by atoms with Crippen molar-refractivity contribution in [2.45, 2.75) is 20.3 Å². The molecular formula is C12H17ClO2. The maximum Gasteiger partial charge on any atom is 0.123 e. The van der Waals surface area contributed by atoms with E-state index >= 15 is 0 Å². The molecule has 1 aromatic rings. The summed E-state index contributed by atoms with van der Waals surface area (Å²) in [4.78, 5) is 0. The van der Waals surface area contributed by atoms with Crippen LogP contribution in [0, 0.1) is 5.41 Å². The predicted molar refractivity (Wildman–Crippen MR) is 62.6 cm³/mol. The number of rotatable bonds is 4. The number of hydrogen-bond acceptors (Lipinski definition) is 2. The number of hydrogen-bond donors (Lipinski definition) is 1. The van der Waals surface area contributed by atoms with Gasteiger partial charge >= 0.3 is 0 Å². The molecule has 0 radical (unpaired) electrons. The van der Waals surface area contributed by atoms with Crippen LogP contribution in [0.1, 0.15) is 19.4 Å². The molecule has 2 nitrogen and oxygen atoms in total. The summed E-state index contributed by atoms with van der Waals surface area (Å²) in [7, 11) is 1.63. The van der Waals surface area contributed by atoms with Gasteiger partial charge in [-0.15, -0.1) is 0 Å². The van der Waals surface area contributed by atoms with Crippen molar-refractivity contribution in [1.29, 1.82) is 0 Å². The second kappa shape index (κ2) is 4.86. The first kappa shape index (κ1) is 12.3. The molecule has 0 saturated carbocycles. The van der Waals surface area contributed by atoms with Crippen LogP contribution in [-0.4, -0.2) is 18.8 Å². The van der Waals surface area contributed by atoms with Crippen molar-refractivity contribution in [2.24, 2.45) is 5.41 Å². The highest BCUT2D eigenvalue weighted by Gasteiger charge is 2.19. The number of halogens is 1. The van der Waals surface area contributed by atoms with Gasteiger partial charge in [-0.05, 0) is 29.5 Å². The molecule has 0 aliphatic rings. The van der Waals surface area contributed by atoms with E-state index in [4.69, 9.17) is 16.3 Å². The van der Waals surface area contributed by atoms with Gasteiger partial charge in [0, 0.05) is 11.6 Å². The molecule has 1 rings (SSSR count). The third kappa shape index (κ3) is 3.40. The van der Waals surface area contributed by atoms with E-state index < -0.39 is 0 Å². The lowest BCUT2D eigenvalue weighted by molar-refractivity contribution is 0.159. The minimum absolute atomic E-state index is 0.138. The van der Waals surface area contributed by atoms with E-state index in [9.17, 15) is 5.11 Å². The molecule has 0 unspecified atom stereocenters. The lowest BCUT2D eigenvalue weighted by Gasteiger charge is -2.22. The van der Waals surface area contributed by atoms with Gasteiger partial charge in [0.15, 0.2) is 0 Å². The van der Waals surface area contributed by atoms with Gasteiger partial charge in [-0.2, -0.15) is 0 Å². The summed E-state index contributed by atoms with van der Waals surface area (Å²) in [6.45, 7) is 4.18. The Balaban J connectivity index is 2.94. The second-order valence-corrected chi connectivity index (χ2v) is 4.89. The van der Waals surface area contributed by atoms with Crippen LogP contribution in [0.3, 0.4) is 0 Å². The lowest BCUT2D eigenvalue weighted by atomic mass is 9.86. The number of aliphatic hydroxyl groups excluding tert-OH is 1. The van der Waals surface area contributed by atoms with Gasteiger partial charge in [0.1, 0.15) is 5.75 Å². The molecule has 84 valence electrons. The van der Waals surface area contributed by atoms with Gasteiger partial charge in [-0.1, -0.05) is 31.5 Å². The van der Waals surface area contributed by atoms with Gasteiger partial charge in [0.25, 0.3) is 0 Å². The third-order valence-corrected chi connectivity index (χ3v) is 2.58. The van der Waals surface area contributed by atoms with Crippen LogP contribution in [-0.2, 0) is 6.42 Å². The Bertz CT molecular complexity index is 334. The van der Waals surface area contributed by atoms with Crippen LogP contribution in [0.25, 0.3) is 0 Å². The largest absolute Gasteiger partial charge is 0.496 e. The van der Waals surface area contributed by atoms with Crippen LogP contribution < -0.4 is 4.74 Å². The van der Waals surface area contributed by atoms with E-state index in [1.165, 1.54) is 0 Å². The van der Waals surface area contributed by atoms with Crippen molar-refractivity contribution in [1.82, 2.24) is 0 Å². The minimum Gasteiger partial charge on any atom is -0.496 e. The molecular weight excluding hydrogens is 212 g/mol. The Morgan fingerprint density at radius 2 is 2.07 bits per heavy atom. The molecule has 0 saturated heterocycles. The molecule has 0 spiro atoms. The summed E-state index contributed by atoms with van der Waals surface area (Å²) in [5.41, 5.74) is 0.933. The number of ether oxygens (including phenoxy) is 1. The average Bonchev–Trinajstić information content (AvgIpc) is 2.20. The van der Waals surface area contributed by atoms with Gasteiger partial charge in [-0.25, -0.2) is 0 Å². The summed E-state index contributed by atoms with van der Waals surface area (Å²) < 4.78 is 5.25. The van der Waals surface area contributed by atoms with Crippen LogP contribution in [0.15, 0.2) is 18.2 Å². The molecule has 0 amide bonds. The summed E-state index contributed by atoms with van der Waals surface area (Å²) >= 11 is 5.87. The van der Waals surface area contributed by atoms with Gasteiger partial charge in [0.2, 0.25) is 0 Å². The molecule has 0 atom stereocenters. The maximum absolute atomic E-state index is 9.21. The van der Waals surface area contributed by atoms with E-state index in [2.05, 4.69) is 0 Å². The zero-order chi connectivity index (χ0) is 11.5. The maximum atomic E-state index is 9.21. The molecule has 0 aromatic heterocycles. The normalized spacial score (nSPS) is 11.5. The minimum atomic E-state index is -0.138. The molecule has 0 fully saturated rings. The van der Waals surface area contributed by atoms with Crippen LogP contribution in [0.2, 0.25) is 5.02 Å². The van der Waals surface area contributed by atoms with Crippen molar-refractivity contribution in [3.63, 3.8) is 0 Å². The topological polar surface area (TPSA) is 29.5 Å². The van der Waals surface area contributed by atoms with E-state index in [1.807, 2.05) is 26.0 Å². The Labute approximate surface area is 95.8 Å². The van der Waals surface area contributed by atoms with Crippen LogP contribution in [0.4, 0.5) is 0 Å². The van der Waals surface area contributed by atoms with Crippen molar-refractivity contribution >= 4 is 11.6 Å². The predicted octanol–water partition coefficient (Wildman–Crippen LogP) is 2.91. The second-order valence-electron chi connectivity index (χ2n) is 4.46. The fourth-order valence-electron chi connectivity index (χ4n) is 1.44. The SMILES string of the molecule is COc1cc(Cl)ccc1CC(C)(C)CO. The summed E-state index contributed by atoms with van der Waals surface area (Å²) in [5.74, 6) is 0.782. The standard InChI is InChI=1S/C12H17ClO2/c1-12(2,8-14)7-9-4-5-10(13)6-11(9)15-3/h4-6,14H,7-8H2,1-3H3. The van der Waals surface area contributed by atoms with Gasteiger partial charge < -0.3 is 9.84 Å². The lowest BCUT2D eigenvalue weighted by Crippen LogP contribution is -2.20. The molecule has 1 N–H and O–H groups in total. The Kier molecular flexibility index (Phi) is 4.00. The van der Waals surface area contributed by atoms with Crippen molar-refractivity contribution in [3.05, 3.63) is 28.8 Å². The van der Waals surface area contributed by atoms with E-state index in [0.717, 1.165) is 17.7 Å². The highest BCUT2D eigenvalue weighted by Crippen LogP contribution is 2.29. The van der Waals surface area contributed by atoms with Crippen molar-refractivity contribution in [2.75, 3.05) is 13.7 Å². The zero-order valence-electron chi connectivity index (χ0n) is 9.38. The summed E-state index contributed by atoms with van der Waals surface area (Å²) in [5, 5.41) is 9.87. The van der Waals surface area contributed by atoms with E-state index in [0.29, 0.717) is 5.02 Å². The molecule has 0 aliphatic carbocycles. The highest BCUT2D eigenvalue weighted by molar-refractivity contribution is 6.30. The summed E-state index contributed by atoms with van der Waals surface area (Å²) in [6, 6.07) is 5.58. The number of methoxy groups -OCH3 is 1. The first-order valence-corrected chi connectivity index (χ1v) is 5.29. The fourth-order valence-corrected chi connectivity index (χ4v) is 1.60. The van der Waals surface area contributed by atoms with E-state index in [1.54, 1.807) is 13.2 Å². The molecule has 0 aliphatic heterocycles. The Morgan fingerprint density at radius 1 is 1.40 bits per heavy atom. The smallest absolute Gasteiger partial charge is 0.123 e. The Morgan fingerprint density at radius 3 is 2.60 bits per heavy atom. The van der Waals surface area contributed by atoms with E-state index in [-0.39, 0.29) is 12.0 Å². The molecule has 3 heteroatoms. The fraction of sp³-hybridized carbons (Fsp3) is 0.500. The Hall–Kier alpha value is -0.730. The first-order valence-electron chi connectivity index (χ1n) is 4.92. The quantitative estimate of drug-likeness (QED) is 0.859. The molecule has 0 bridgehead atoms. The molecule has 1 aromatic carbocycles. The van der Waals surface area contributed by atoms with Crippen molar-refractivity contribution in [3.8, 4) is 5.75 Å². The average molecular weight is 229 g/mol. The first-order chi connectivity index (χ1) is 6.98. The molecule has 15 heavy (non-hydrogen) atoms. The van der Waals surface area contributed by atoms with Crippen LogP contribution >= 0.6 is 11.6 Å². The van der Waals surface area contributed by atoms with Crippen molar-refractivity contribution < 1.29 is 9.84 Å². The highest BCUT2D eigenvalue weighted by atomic mass is 35.5. The number of aliphatic hydroxyl groups is 1. The van der Waals surface area contributed by atoms with Gasteiger partial charge in [-0.3, -0.25) is 0 Å².